The van der Waals surface area contributed by atoms with E-state index in [4.69, 9.17) is 4.74 Å². The first kappa shape index (κ1) is 12.7. The number of carbonyl (C=O) groups excluding carboxylic acids is 1. The van der Waals surface area contributed by atoms with Gasteiger partial charge in [0.05, 0.1) is 6.54 Å². The van der Waals surface area contributed by atoms with E-state index in [1.54, 1.807) is 10.9 Å². The number of fused-ring (bicyclic) bond motifs is 1. The zero-order valence-electron chi connectivity index (χ0n) is 11.2. The Morgan fingerprint density at radius 3 is 3.10 bits per heavy atom. The van der Waals surface area contributed by atoms with Crippen LogP contribution in [-0.4, -0.2) is 28.3 Å². The van der Waals surface area contributed by atoms with Gasteiger partial charge in [0.25, 0.3) is 0 Å². The van der Waals surface area contributed by atoms with Crippen LogP contribution in [-0.2, 0) is 17.8 Å². The van der Waals surface area contributed by atoms with Crippen molar-refractivity contribution in [1.82, 2.24) is 15.1 Å². The molecule has 0 bridgehead atoms. The van der Waals surface area contributed by atoms with Gasteiger partial charge in [0.2, 0.25) is 5.91 Å². The lowest BCUT2D eigenvalue weighted by Crippen LogP contribution is -2.34. The van der Waals surface area contributed by atoms with Crippen LogP contribution in [0.15, 0.2) is 42.7 Å². The van der Waals surface area contributed by atoms with E-state index in [1.165, 1.54) is 5.56 Å². The third kappa shape index (κ3) is 2.99. The fraction of sp³-hybridized carbons (Fsp3) is 0.333. The number of carbonyl (C=O) groups is 1. The standard InChI is InChI=1S/C15H17N3O2/c19-15(6-9-18-8-3-7-17-18)16-11-13-10-12-4-1-2-5-14(12)20-13/h1-5,7-8,13H,6,9-11H2,(H,16,19)/t13-/m1/s1. The van der Waals surface area contributed by atoms with E-state index in [9.17, 15) is 4.79 Å². The molecule has 1 aromatic heterocycles. The van der Waals surface area contributed by atoms with Crippen LogP contribution in [0.5, 0.6) is 5.75 Å². The highest BCUT2D eigenvalue weighted by molar-refractivity contribution is 5.75. The zero-order valence-corrected chi connectivity index (χ0v) is 11.2. The normalized spacial score (nSPS) is 16.5. The van der Waals surface area contributed by atoms with E-state index in [0.717, 1.165) is 12.2 Å². The highest BCUT2D eigenvalue weighted by Crippen LogP contribution is 2.27. The first-order valence-corrected chi connectivity index (χ1v) is 6.80. The molecule has 1 atom stereocenters. The largest absolute Gasteiger partial charge is 0.488 e. The summed E-state index contributed by atoms with van der Waals surface area (Å²) in [6.07, 6.45) is 4.89. The minimum Gasteiger partial charge on any atom is -0.488 e. The van der Waals surface area contributed by atoms with Crippen LogP contribution in [0.1, 0.15) is 12.0 Å². The van der Waals surface area contributed by atoms with Gasteiger partial charge in [0.1, 0.15) is 11.9 Å². The highest BCUT2D eigenvalue weighted by atomic mass is 16.5. The highest BCUT2D eigenvalue weighted by Gasteiger charge is 2.22. The summed E-state index contributed by atoms with van der Waals surface area (Å²) in [5.74, 6) is 0.961. The van der Waals surface area contributed by atoms with Crippen molar-refractivity contribution in [2.45, 2.75) is 25.5 Å². The molecular formula is C15H17N3O2. The Balaban J connectivity index is 1.41. The predicted molar refractivity (Wildman–Crippen MR) is 74.4 cm³/mol. The number of hydrogen-bond acceptors (Lipinski definition) is 3. The average Bonchev–Trinajstić information content (AvgIpc) is 3.11. The maximum absolute atomic E-state index is 11.8. The molecular weight excluding hydrogens is 254 g/mol. The van der Waals surface area contributed by atoms with Gasteiger partial charge in [0, 0.05) is 31.8 Å². The van der Waals surface area contributed by atoms with Crippen molar-refractivity contribution in [1.29, 1.82) is 0 Å². The maximum atomic E-state index is 11.8. The summed E-state index contributed by atoms with van der Waals surface area (Å²) in [4.78, 5) is 11.8. The Kier molecular flexibility index (Phi) is 3.67. The minimum atomic E-state index is 0.0278. The Bertz CT molecular complexity index is 556. The summed E-state index contributed by atoms with van der Waals surface area (Å²) < 4.78 is 7.53. The Morgan fingerprint density at radius 1 is 1.40 bits per heavy atom. The Hall–Kier alpha value is -2.30. The lowest BCUT2D eigenvalue weighted by atomic mass is 10.1. The van der Waals surface area contributed by atoms with Gasteiger partial charge in [-0.05, 0) is 17.7 Å². The molecule has 104 valence electrons. The quantitative estimate of drug-likeness (QED) is 0.894. The molecule has 0 saturated heterocycles. The van der Waals surface area contributed by atoms with Gasteiger partial charge in [-0.2, -0.15) is 5.10 Å². The molecule has 0 fully saturated rings. The fourth-order valence-electron chi connectivity index (χ4n) is 2.33. The molecule has 0 saturated carbocycles. The first-order valence-electron chi connectivity index (χ1n) is 6.80. The number of rotatable bonds is 5. The molecule has 3 rings (SSSR count). The van der Waals surface area contributed by atoms with Gasteiger partial charge < -0.3 is 10.1 Å². The number of amides is 1. The molecule has 0 radical (unpaired) electrons. The SMILES string of the molecule is O=C(CCn1cccn1)NC[C@H]1Cc2ccccc2O1. The number of para-hydroxylation sites is 1. The van der Waals surface area contributed by atoms with Crippen LogP contribution in [0.4, 0.5) is 0 Å². The number of nitrogens with zero attached hydrogens (tertiary/aromatic N) is 2. The van der Waals surface area contributed by atoms with Crippen LogP contribution in [0, 0.1) is 0 Å². The summed E-state index contributed by atoms with van der Waals surface area (Å²) in [5.41, 5.74) is 1.21. The zero-order chi connectivity index (χ0) is 13.8. The van der Waals surface area contributed by atoms with E-state index < -0.39 is 0 Å². The van der Waals surface area contributed by atoms with Crippen molar-refractivity contribution in [2.24, 2.45) is 0 Å². The summed E-state index contributed by atoms with van der Waals surface area (Å²) >= 11 is 0. The molecule has 0 unspecified atom stereocenters. The molecule has 2 heterocycles. The van der Waals surface area contributed by atoms with E-state index in [-0.39, 0.29) is 12.0 Å². The van der Waals surface area contributed by atoms with Crippen LogP contribution in [0.3, 0.4) is 0 Å². The molecule has 1 N–H and O–H groups in total. The fourth-order valence-corrected chi connectivity index (χ4v) is 2.33. The maximum Gasteiger partial charge on any atom is 0.221 e. The van der Waals surface area contributed by atoms with Gasteiger partial charge in [0.15, 0.2) is 0 Å². The van der Waals surface area contributed by atoms with Crippen LogP contribution < -0.4 is 10.1 Å². The molecule has 1 aliphatic rings. The van der Waals surface area contributed by atoms with E-state index in [2.05, 4.69) is 16.5 Å². The van der Waals surface area contributed by atoms with Crippen molar-refractivity contribution in [3.05, 3.63) is 48.3 Å². The van der Waals surface area contributed by atoms with Crippen LogP contribution in [0.25, 0.3) is 0 Å². The number of ether oxygens (including phenoxy) is 1. The Morgan fingerprint density at radius 2 is 2.30 bits per heavy atom. The number of aromatic nitrogens is 2. The number of hydrogen-bond donors (Lipinski definition) is 1. The third-order valence-electron chi connectivity index (χ3n) is 3.37. The lowest BCUT2D eigenvalue weighted by Gasteiger charge is -2.11. The monoisotopic (exact) mass is 271 g/mol. The van der Waals surface area contributed by atoms with Gasteiger partial charge >= 0.3 is 0 Å². The summed E-state index contributed by atoms with van der Waals surface area (Å²) in [6.45, 7) is 1.15. The molecule has 5 heteroatoms. The topological polar surface area (TPSA) is 56.2 Å². The summed E-state index contributed by atoms with van der Waals surface area (Å²) in [7, 11) is 0. The second kappa shape index (κ2) is 5.77. The molecule has 0 aliphatic carbocycles. The molecule has 1 aliphatic heterocycles. The van der Waals surface area contributed by atoms with Gasteiger partial charge in [-0.3, -0.25) is 9.48 Å². The molecule has 2 aromatic rings. The summed E-state index contributed by atoms with van der Waals surface area (Å²) in [5, 5.41) is 6.98. The van der Waals surface area contributed by atoms with Gasteiger partial charge in [-0.15, -0.1) is 0 Å². The first-order chi connectivity index (χ1) is 9.81. The molecule has 1 aromatic carbocycles. The number of aryl methyl sites for hydroxylation is 1. The lowest BCUT2D eigenvalue weighted by molar-refractivity contribution is -0.121. The van der Waals surface area contributed by atoms with Gasteiger partial charge in [-0.1, -0.05) is 18.2 Å². The van der Waals surface area contributed by atoms with Gasteiger partial charge in [-0.25, -0.2) is 0 Å². The third-order valence-corrected chi connectivity index (χ3v) is 3.37. The van der Waals surface area contributed by atoms with Crippen LogP contribution >= 0.6 is 0 Å². The number of benzene rings is 1. The average molecular weight is 271 g/mol. The van der Waals surface area contributed by atoms with E-state index in [1.807, 2.05) is 30.5 Å². The van der Waals surface area contributed by atoms with Crippen molar-refractivity contribution < 1.29 is 9.53 Å². The van der Waals surface area contributed by atoms with Crippen molar-refractivity contribution in [2.75, 3.05) is 6.54 Å². The van der Waals surface area contributed by atoms with Crippen molar-refractivity contribution in [3.8, 4) is 5.75 Å². The second-order valence-electron chi connectivity index (χ2n) is 4.87. The van der Waals surface area contributed by atoms with Crippen molar-refractivity contribution >= 4 is 5.91 Å². The smallest absolute Gasteiger partial charge is 0.221 e. The second-order valence-corrected chi connectivity index (χ2v) is 4.87. The molecule has 20 heavy (non-hydrogen) atoms. The van der Waals surface area contributed by atoms with E-state index >= 15 is 0 Å². The molecule has 1 amide bonds. The van der Waals surface area contributed by atoms with E-state index in [0.29, 0.717) is 19.5 Å². The van der Waals surface area contributed by atoms with Crippen molar-refractivity contribution in [3.63, 3.8) is 0 Å². The minimum absolute atomic E-state index is 0.0278. The molecule has 0 spiro atoms. The predicted octanol–water partition coefficient (Wildman–Crippen LogP) is 1.39. The summed E-state index contributed by atoms with van der Waals surface area (Å²) in [6, 6.07) is 9.85. The van der Waals surface area contributed by atoms with Crippen LogP contribution in [0.2, 0.25) is 0 Å². The molecule has 5 nitrogen and oxygen atoms in total. The Labute approximate surface area is 117 Å². The number of nitrogens with one attached hydrogen (secondary N) is 1.